The van der Waals surface area contributed by atoms with Gasteiger partial charge in [0, 0.05) is 0 Å². The first kappa shape index (κ1) is 9.72. The van der Waals surface area contributed by atoms with Crippen LogP contribution in [-0.2, 0) is 4.18 Å². The molecule has 1 aromatic heterocycles. The van der Waals surface area contributed by atoms with Gasteiger partial charge in [0.15, 0.2) is 0 Å². The third-order valence-corrected chi connectivity index (χ3v) is 1.89. The minimum atomic E-state index is -0.435. The van der Waals surface area contributed by atoms with Crippen molar-refractivity contribution in [1.82, 2.24) is 9.59 Å². The molecule has 0 aliphatic rings. The van der Waals surface area contributed by atoms with E-state index in [4.69, 9.17) is 9.84 Å². The molecule has 1 unspecified atom stereocenters. The van der Waals surface area contributed by atoms with E-state index in [1.54, 1.807) is 5.38 Å². The highest BCUT2D eigenvalue weighted by atomic mass is 32.1. The number of rotatable bonds is 5. The standard InChI is InChI=1S/C5H8N2O3S2/c8-1-4(10-11)2-9-5-3-12-7-6-5/h3-4,8,11H,1-2H2. The quantitative estimate of drug-likeness (QED) is 0.532. The van der Waals surface area contributed by atoms with E-state index in [9.17, 15) is 0 Å². The second-order valence-corrected chi connectivity index (χ2v) is 2.78. The predicted molar refractivity (Wildman–Crippen MR) is 46.3 cm³/mol. The number of aliphatic hydroxyl groups excluding tert-OH is 1. The Balaban J connectivity index is 2.25. The van der Waals surface area contributed by atoms with Gasteiger partial charge in [0.25, 0.3) is 0 Å². The van der Waals surface area contributed by atoms with E-state index in [0.29, 0.717) is 5.88 Å². The molecule has 1 heterocycles. The number of hydrogen-bond donors (Lipinski definition) is 2. The molecule has 1 N–H and O–H groups in total. The maximum atomic E-state index is 8.67. The van der Waals surface area contributed by atoms with Crippen molar-refractivity contribution in [1.29, 1.82) is 0 Å². The summed E-state index contributed by atoms with van der Waals surface area (Å²) in [7, 11) is 0. The molecular formula is C5H8N2O3S2. The van der Waals surface area contributed by atoms with Crippen LogP contribution in [0.15, 0.2) is 5.38 Å². The number of nitrogens with zero attached hydrogens (tertiary/aromatic N) is 2. The highest BCUT2D eigenvalue weighted by Gasteiger charge is 2.07. The lowest BCUT2D eigenvalue weighted by atomic mass is 10.4. The van der Waals surface area contributed by atoms with Crippen molar-refractivity contribution < 1.29 is 14.0 Å². The molecule has 0 aliphatic carbocycles. The van der Waals surface area contributed by atoms with Crippen LogP contribution in [0.3, 0.4) is 0 Å². The Morgan fingerprint density at radius 1 is 1.75 bits per heavy atom. The number of aliphatic hydroxyl groups is 1. The first-order valence-electron chi connectivity index (χ1n) is 3.17. The van der Waals surface area contributed by atoms with E-state index in [1.807, 2.05) is 0 Å². The van der Waals surface area contributed by atoms with E-state index in [0.717, 1.165) is 0 Å². The lowest BCUT2D eigenvalue weighted by Crippen LogP contribution is -2.22. The molecule has 0 saturated heterocycles. The van der Waals surface area contributed by atoms with E-state index < -0.39 is 6.10 Å². The lowest BCUT2D eigenvalue weighted by molar-refractivity contribution is 0.0881. The topological polar surface area (TPSA) is 64.5 Å². The molecule has 0 aliphatic heterocycles. The molecule has 0 spiro atoms. The molecule has 0 bridgehead atoms. The van der Waals surface area contributed by atoms with Crippen molar-refractivity contribution in [2.45, 2.75) is 6.10 Å². The Kier molecular flexibility index (Phi) is 4.30. The maximum Gasteiger partial charge on any atom is 0.246 e. The summed E-state index contributed by atoms with van der Waals surface area (Å²) in [5.74, 6) is 0.434. The fourth-order valence-corrected chi connectivity index (χ4v) is 1.02. The Morgan fingerprint density at radius 3 is 3.08 bits per heavy atom. The second-order valence-electron chi connectivity index (χ2n) is 1.96. The average Bonchev–Trinajstić information content (AvgIpc) is 2.59. The van der Waals surface area contributed by atoms with Gasteiger partial charge in [-0.15, -0.1) is 0 Å². The van der Waals surface area contributed by atoms with E-state index in [1.165, 1.54) is 11.5 Å². The van der Waals surface area contributed by atoms with E-state index >= 15 is 0 Å². The molecule has 5 nitrogen and oxygen atoms in total. The summed E-state index contributed by atoms with van der Waals surface area (Å²) >= 11 is 4.75. The molecule has 0 radical (unpaired) electrons. The lowest BCUT2D eigenvalue weighted by Gasteiger charge is -2.09. The molecule has 1 atom stereocenters. The third-order valence-electron chi connectivity index (χ3n) is 1.11. The maximum absolute atomic E-state index is 8.67. The minimum Gasteiger partial charge on any atom is -0.473 e. The number of aromatic nitrogens is 2. The molecule has 1 rings (SSSR count). The molecule has 0 saturated carbocycles. The zero-order valence-electron chi connectivity index (χ0n) is 6.08. The van der Waals surface area contributed by atoms with Crippen LogP contribution in [0.1, 0.15) is 0 Å². The summed E-state index contributed by atoms with van der Waals surface area (Å²) in [5, 5.41) is 14.0. The fraction of sp³-hybridized carbons (Fsp3) is 0.600. The first-order chi connectivity index (χ1) is 5.86. The summed E-state index contributed by atoms with van der Waals surface area (Å²) < 4.78 is 13.3. The molecule has 0 fully saturated rings. The second kappa shape index (κ2) is 5.31. The van der Waals surface area contributed by atoms with Gasteiger partial charge in [0.1, 0.15) is 12.7 Å². The Morgan fingerprint density at radius 2 is 2.58 bits per heavy atom. The summed E-state index contributed by atoms with van der Waals surface area (Å²) in [5.41, 5.74) is 0. The van der Waals surface area contributed by atoms with Gasteiger partial charge < -0.3 is 14.0 Å². The SMILES string of the molecule is OCC(COc1csnn1)OS. The fourth-order valence-electron chi connectivity index (χ4n) is 0.514. The van der Waals surface area contributed by atoms with Crippen LogP contribution in [0.5, 0.6) is 5.88 Å². The van der Waals surface area contributed by atoms with Gasteiger partial charge >= 0.3 is 0 Å². The van der Waals surface area contributed by atoms with Crippen LogP contribution in [0.4, 0.5) is 0 Å². The molecule has 0 amide bonds. The highest BCUT2D eigenvalue weighted by molar-refractivity contribution is 7.75. The highest BCUT2D eigenvalue weighted by Crippen LogP contribution is 2.07. The monoisotopic (exact) mass is 208 g/mol. The third kappa shape index (κ3) is 2.94. The van der Waals surface area contributed by atoms with Crippen molar-refractivity contribution >= 4 is 24.4 Å². The molecule has 68 valence electrons. The summed E-state index contributed by atoms with van der Waals surface area (Å²) in [6.45, 7) is 0.0759. The molecule has 12 heavy (non-hydrogen) atoms. The molecular weight excluding hydrogens is 200 g/mol. The number of hydrogen-bond acceptors (Lipinski definition) is 7. The van der Waals surface area contributed by atoms with Gasteiger partial charge in [0.05, 0.1) is 12.0 Å². The zero-order valence-corrected chi connectivity index (χ0v) is 7.79. The van der Waals surface area contributed by atoms with Crippen LogP contribution in [0.25, 0.3) is 0 Å². The minimum absolute atomic E-state index is 0.138. The molecule has 7 heteroatoms. The Hall–Kier alpha value is -0.370. The first-order valence-corrected chi connectivity index (χ1v) is 4.38. The summed E-state index contributed by atoms with van der Waals surface area (Å²) in [4.78, 5) is 0. The van der Waals surface area contributed by atoms with Crippen molar-refractivity contribution in [2.75, 3.05) is 13.2 Å². The summed E-state index contributed by atoms with van der Waals surface area (Å²) in [6.07, 6.45) is -0.435. The number of thiol groups is 1. The normalized spacial score (nSPS) is 12.8. The number of ether oxygens (including phenoxy) is 1. The smallest absolute Gasteiger partial charge is 0.246 e. The van der Waals surface area contributed by atoms with Gasteiger partial charge in [-0.25, -0.2) is 0 Å². The zero-order chi connectivity index (χ0) is 8.81. The van der Waals surface area contributed by atoms with Gasteiger partial charge in [-0.2, -0.15) is 0 Å². The predicted octanol–water partition coefficient (Wildman–Crippen LogP) is 0.139. The van der Waals surface area contributed by atoms with Crippen LogP contribution in [0.2, 0.25) is 0 Å². The van der Waals surface area contributed by atoms with Crippen LogP contribution in [-0.4, -0.2) is 34.0 Å². The van der Waals surface area contributed by atoms with Gasteiger partial charge in [-0.05, 0) is 24.4 Å². The van der Waals surface area contributed by atoms with Crippen molar-refractivity contribution in [3.8, 4) is 5.88 Å². The van der Waals surface area contributed by atoms with Gasteiger partial charge in [-0.3, -0.25) is 0 Å². The van der Waals surface area contributed by atoms with Gasteiger partial charge in [0.2, 0.25) is 5.88 Å². The average molecular weight is 208 g/mol. The van der Waals surface area contributed by atoms with Crippen molar-refractivity contribution in [2.24, 2.45) is 0 Å². The largest absolute Gasteiger partial charge is 0.473 e. The van der Waals surface area contributed by atoms with E-state index in [2.05, 4.69) is 26.7 Å². The molecule has 1 aromatic rings. The Labute approximate surface area is 79.1 Å². The molecule has 0 aromatic carbocycles. The summed E-state index contributed by atoms with van der Waals surface area (Å²) in [6, 6.07) is 0. The van der Waals surface area contributed by atoms with Crippen LogP contribution >= 0.6 is 24.4 Å². The van der Waals surface area contributed by atoms with Crippen LogP contribution < -0.4 is 4.74 Å². The van der Waals surface area contributed by atoms with Crippen molar-refractivity contribution in [3.63, 3.8) is 0 Å². The van der Waals surface area contributed by atoms with Crippen LogP contribution in [0, 0.1) is 0 Å². The van der Waals surface area contributed by atoms with Gasteiger partial charge in [-0.1, -0.05) is 9.59 Å². The van der Waals surface area contributed by atoms with E-state index in [-0.39, 0.29) is 13.2 Å². The van der Waals surface area contributed by atoms with Crippen molar-refractivity contribution in [3.05, 3.63) is 5.38 Å². The Bertz CT molecular complexity index is 202.